The maximum Gasteiger partial charge on any atom is 0.240 e. The van der Waals surface area contributed by atoms with Crippen molar-refractivity contribution in [3.63, 3.8) is 0 Å². The van der Waals surface area contributed by atoms with Gasteiger partial charge >= 0.3 is 0 Å². The highest BCUT2D eigenvalue weighted by Crippen LogP contribution is 2.42. The first kappa shape index (κ1) is 14.3. The van der Waals surface area contributed by atoms with Crippen LogP contribution in [0.15, 0.2) is 17.3 Å². The molecule has 0 radical (unpaired) electrons. The molecule has 0 aromatic rings. The first-order valence-corrected chi connectivity index (χ1v) is 7.80. The normalized spacial score (nSPS) is 28.4. The van der Waals surface area contributed by atoms with Gasteiger partial charge in [0.25, 0.3) is 0 Å². The maximum absolute atomic E-state index is 11.6. The summed E-state index contributed by atoms with van der Waals surface area (Å²) in [6, 6.07) is 0. The molecule has 0 spiro atoms. The minimum absolute atomic E-state index is 0.0615. The van der Waals surface area contributed by atoms with Gasteiger partial charge in [-0.3, -0.25) is 4.79 Å². The smallest absolute Gasteiger partial charge is 0.240 e. The van der Waals surface area contributed by atoms with Crippen molar-refractivity contribution in [2.75, 3.05) is 0 Å². The highest BCUT2D eigenvalue weighted by molar-refractivity contribution is 5.77. The van der Waals surface area contributed by atoms with Gasteiger partial charge in [-0.1, -0.05) is 44.8 Å². The van der Waals surface area contributed by atoms with Crippen LogP contribution in [0, 0.1) is 17.8 Å². The Labute approximate surface area is 116 Å². The molecule has 1 N–H and O–H groups in total. The van der Waals surface area contributed by atoms with E-state index in [1.165, 1.54) is 32.1 Å². The van der Waals surface area contributed by atoms with Crippen LogP contribution in [-0.4, -0.2) is 12.1 Å². The molecule has 106 valence electrons. The minimum Gasteiger partial charge on any atom is -0.273 e. The molecule has 1 fully saturated rings. The van der Waals surface area contributed by atoms with E-state index in [1.807, 2.05) is 6.21 Å². The number of nitrogens with zero attached hydrogens (tertiary/aromatic N) is 1. The molecule has 1 amide bonds. The van der Waals surface area contributed by atoms with Gasteiger partial charge in [-0.05, 0) is 31.1 Å². The summed E-state index contributed by atoms with van der Waals surface area (Å²) >= 11 is 0. The molecule has 0 aromatic heterocycles. The van der Waals surface area contributed by atoms with E-state index in [0.717, 1.165) is 18.8 Å². The number of hydrogen-bond acceptors (Lipinski definition) is 2. The van der Waals surface area contributed by atoms with Gasteiger partial charge in [-0.15, -0.1) is 0 Å². The van der Waals surface area contributed by atoms with E-state index in [0.29, 0.717) is 18.3 Å². The quantitative estimate of drug-likeness (QED) is 0.308. The SMILES string of the molecule is CCCCCCCC(=O)N/N=C/C1CC2C=CC1C2. The van der Waals surface area contributed by atoms with E-state index in [-0.39, 0.29) is 5.91 Å². The predicted octanol–water partition coefficient (Wildman–Crippen LogP) is 3.66. The van der Waals surface area contributed by atoms with Gasteiger partial charge in [0.15, 0.2) is 0 Å². The third kappa shape index (κ3) is 4.48. The van der Waals surface area contributed by atoms with Gasteiger partial charge in [0, 0.05) is 18.6 Å². The van der Waals surface area contributed by atoms with Crippen molar-refractivity contribution < 1.29 is 4.79 Å². The summed E-state index contributed by atoms with van der Waals surface area (Å²) in [7, 11) is 0. The van der Waals surface area contributed by atoms with Crippen LogP contribution in [0.2, 0.25) is 0 Å². The number of carbonyl (C=O) groups is 1. The third-order valence-corrected chi connectivity index (χ3v) is 4.29. The van der Waals surface area contributed by atoms with E-state index in [4.69, 9.17) is 0 Å². The summed E-state index contributed by atoms with van der Waals surface area (Å²) < 4.78 is 0. The zero-order valence-corrected chi connectivity index (χ0v) is 12.0. The molecule has 2 bridgehead atoms. The van der Waals surface area contributed by atoms with Crippen LogP contribution in [0.25, 0.3) is 0 Å². The van der Waals surface area contributed by atoms with E-state index in [1.54, 1.807) is 0 Å². The topological polar surface area (TPSA) is 41.5 Å². The second-order valence-electron chi connectivity index (χ2n) is 5.92. The summed E-state index contributed by atoms with van der Waals surface area (Å²) in [4.78, 5) is 11.6. The molecular weight excluding hydrogens is 236 g/mol. The molecule has 19 heavy (non-hydrogen) atoms. The molecular formula is C16H26N2O. The first-order valence-electron chi connectivity index (χ1n) is 7.80. The molecule has 0 aromatic carbocycles. The Hall–Kier alpha value is -1.12. The Balaban J connectivity index is 1.55. The number of carbonyl (C=O) groups excluding carboxylic acids is 1. The summed E-state index contributed by atoms with van der Waals surface area (Å²) in [6.45, 7) is 2.20. The Morgan fingerprint density at radius 2 is 2.11 bits per heavy atom. The average molecular weight is 262 g/mol. The fraction of sp³-hybridized carbons (Fsp3) is 0.750. The first-order chi connectivity index (χ1) is 9.29. The van der Waals surface area contributed by atoms with Gasteiger partial charge in [0.2, 0.25) is 5.91 Å². The van der Waals surface area contributed by atoms with Gasteiger partial charge in [-0.2, -0.15) is 5.10 Å². The molecule has 1 saturated carbocycles. The zero-order valence-electron chi connectivity index (χ0n) is 12.0. The van der Waals surface area contributed by atoms with Gasteiger partial charge in [0.1, 0.15) is 0 Å². The fourth-order valence-electron chi connectivity index (χ4n) is 3.14. The van der Waals surface area contributed by atoms with Gasteiger partial charge in [-0.25, -0.2) is 5.43 Å². The van der Waals surface area contributed by atoms with E-state index in [2.05, 4.69) is 29.6 Å². The number of allylic oxidation sites excluding steroid dienone is 2. The van der Waals surface area contributed by atoms with Crippen molar-refractivity contribution >= 4 is 12.1 Å². The minimum atomic E-state index is 0.0615. The molecule has 0 saturated heterocycles. The molecule has 3 unspecified atom stereocenters. The summed E-state index contributed by atoms with van der Waals surface area (Å²) in [5.41, 5.74) is 2.67. The van der Waals surface area contributed by atoms with Crippen LogP contribution in [0.3, 0.4) is 0 Å². The number of unbranched alkanes of at least 4 members (excludes halogenated alkanes) is 4. The van der Waals surface area contributed by atoms with Crippen LogP contribution >= 0.6 is 0 Å². The largest absolute Gasteiger partial charge is 0.273 e. The van der Waals surface area contributed by atoms with Crippen LogP contribution in [-0.2, 0) is 4.79 Å². The molecule has 3 atom stereocenters. The van der Waals surface area contributed by atoms with Gasteiger partial charge in [0.05, 0.1) is 0 Å². The summed E-state index contributed by atoms with van der Waals surface area (Å²) in [6.07, 6.45) is 15.6. The third-order valence-electron chi connectivity index (χ3n) is 4.29. The number of amides is 1. The monoisotopic (exact) mass is 262 g/mol. The van der Waals surface area contributed by atoms with Crippen LogP contribution in [0.4, 0.5) is 0 Å². The maximum atomic E-state index is 11.6. The van der Waals surface area contributed by atoms with E-state index >= 15 is 0 Å². The number of fused-ring (bicyclic) bond motifs is 2. The molecule has 2 rings (SSSR count). The van der Waals surface area contributed by atoms with Crippen molar-refractivity contribution in [2.45, 2.75) is 58.3 Å². The second kappa shape index (κ2) is 7.46. The van der Waals surface area contributed by atoms with Crippen LogP contribution in [0.1, 0.15) is 58.3 Å². The fourth-order valence-corrected chi connectivity index (χ4v) is 3.14. The van der Waals surface area contributed by atoms with Crippen molar-refractivity contribution in [3.8, 4) is 0 Å². The van der Waals surface area contributed by atoms with Crippen molar-refractivity contribution in [1.29, 1.82) is 0 Å². The Kier molecular flexibility index (Phi) is 5.62. The lowest BCUT2D eigenvalue weighted by molar-refractivity contribution is -0.121. The highest BCUT2D eigenvalue weighted by atomic mass is 16.2. The van der Waals surface area contributed by atoms with E-state index in [9.17, 15) is 4.79 Å². The number of nitrogens with one attached hydrogen (secondary N) is 1. The van der Waals surface area contributed by atoms with Crippen molar-refractivity contribution in [1.82, 2.24) is 5.43 Å². The number of rotatable bonds is 8. The predicted molar refractivity (Wildman–Crippen MR) is 78.9 cm³/mol. The molecule has 2 aliphatic rings. The second-order valence-corrected chi connectivity index (χ2v) is 5.92. The Morgan fingerprint density at radius 3 is 2.79 bits per heavy atom. The zero-order chi connectivity index (χ0) is 13.5. The average Bonchev–Trinajstić information content (AvgIpc) is 3.01. The lowest BCUT2D eigenvalue weighted by Gasteiger charge is -2.11. The lowest BCUT2D eigenvalue weighted by Crippen LogP contribution is -2.19. The summed E-state index contributed by atoms with van der Waals surface area (Å²) in [5, 5.41) is 4.13. The standard InChI is InChI=1S/C16H26N2O/c1-2-3-4-5-6-7-16(19)18-17-12-15-11-13-8-9-14(15)10-13/h8-9,12-15H,2-7,10-11H2,1H3,(H,18,19)/b17-12+. The number of hydrogen-bond donors (Lipinski definition) is 1. The highest BCUT2D eigenvalue weighted by Gasteiger charge is 2.34. The molecule has 3 nitrogen and oxygen atoms in total. The summed E-state index contributed by atoms with van der Waals surface area (Å²) in [5.74, 6) is 2.03. The number of hydrazone groups is 1. The van der Waals surface area contributed by atoms with Crippen LogP contribution < -0.4 is 5.43 Å². The van der Waals surface area contributed by atoms with Crippen molar-refractivity contribution in [2.24, 2.45) is 22.9 Å². The lowest BCUT2D eigenvalue weighted by atomic mass is 9.95. The molecule has 2 aliphatic carbocycles. The molecule has 0 heterocycles. The van der Waals surface area contributed by atoms with Crippen LogP contribution in [0.5, 0.6) is 0 Å². The van der Waals surface area contributed by atoms with E-state index < -0.39 is 0 Å². The molecule has 3 heteroatoms. The molecule has 0 aliphatic heterocycles. The van der Waals surface area contributed by atoms with Gasteiger partial charge < -0.3 is 0 Å². The Bertz CT molecular complexity index is 349. The Morgan fingerprint density at radius 1 is 1.26 bits per heavy atom. The van der Waals surface area contributed by atoms with Crippen molar-refractivity contribution in [3.05, 3.63) is 12.2 Å².